The van der Waals surface area contributed by atoms with E-state index in [1.165, 1.54) is 12.1 Å². The van der Waals surface area contributed by atoms with Gasteiger partial charge in [-0.1, -0.05) is 30.3 Å². The van der Waals surface area contributed by atoms with Crippen LogP contribution in [-0.2, 0) is 6.18 Å². The van der Waals surface area contributed by atoms with Gasteiger partial charge < -0.3 is 5.73 Å². The second-order valence-electron chi connectivity index (χ2n) is 4.08. The van der Waals surface area contributed by atoms with E-state index in [1.807, 2.05) is 0 Å². The molecule has 2 aromatic carbocycles. The van der Waals surface area contributed by atoms with Crippen molar-refractivity contribution in [3.63, 3.8) is 0 Å². The van der Waals surface area contributed by atoms with Crippen molar-refractivity contribution in [2.75, 3.05) is 5.73 Å². The van der Waals surface area contributed by atoms with Gasteiger partial charge in [0, 0.05) is 6.07 Å². The van der Waals surface area contributed by atoms with Gasteiger partial charge in [-0.25, -0.2) is 0 Å². The topological polar surface area (TPSA) is 69.2 Å². The number of alkyl halides is 3. The quantitative estimate of drug-likeness (QED) is 0.516. The summed E-state index contributed by atoms with van der Waals surface area (Å²) in [7, 11) is 0. The van der Waals surface area contributed by atoms with Gasteiger partial charge in [0.25, 0.3) is 5.69 Å². The second-order valence-corrected chi connectivity index (χ2v) is 4.08. The van der Waals surface area contributed by atoms with E-state index in [0.29, 0.717) is 11.6 Å². The Hall–Kier alpha value is -2.57. The summed E-state index contributed by atoms with van der Waals surface area (Å²) >= 11 is 0. The molecule has 0 aliphatic carbocycles. The molecule has 0 radical (unpaired) electrons. The number of nitrogens with zero attached hydrogens (tertiary/aromatic N) is 1. The standard InChI is InChI=1S/C13H9F3N2O2/c14-13(15,16)10-7-12(18(19)20)11(17)6-9(10)8-4-2-1-3-5-8/h1-7H,17H2. The predicted molar refractivity (Wildman–Crippen MR) is 67.9 cm³/mol. The maximum Gasteiger partial charge on any atom is 0.417 e. The highest BCUT2D eigenvalue weighted by Crippen LogP contribution is 2.41. The van der Waals surface area contributed by atoms with Gasteiger partial charge in [0.2, 0.25) is 0 Å². The average Bonchev–Trinajstić information content (AvgIpc) is 2.37. The van der Waals surface area contributed by atoms with E-state index in [1.54, 1.807) is 18.2 Å². The Balaban J connectivity index is 2.74. The Bertz CT molecular complexity index is 655. The summed E-state index contributed by atoms with van der Waals surface area (Å²) in [6, 6.07) is 9.23. The summed E-state index contributed by atoms with van der Waals surface area (Å²) in [5.41, 5.74) is 3.44. The van der Waals surface area contributed by atoms with Crippen LogP contribution in [0.1, 0.15) is 5.56 Å². The molecule has 0 heterocycles. The molecule has 2 aromatic rings. The first-order valence-electron chi connectivity index (χ1n) is 5.51. The van der Waals surface area contributed by atoms with E-state index < -0.39 is 22.4 Å². The van der Waals surface area contributed by atoms with Crippen LogP contribution in [0, 0.1) is 10.1 Å². The first kappa shape index (κ1) is 13.9. The van der Waals surface area contributed by atoms with Crippen molar-refractivity contribution in [3.05, 3.63) is 58.1 Å². The molecular formula is C13H9F3N2O2. The van der Waals surface area contributed by atoms with E-state index in [4.69, 9.17) is 5.73 Å². The molecule has 7 heteroatoms. The summed E-state index contributed by atoms with van der Waals surface area (Å²) in [5, 5.41) is 10.7. The van der Waals surface area contributed by atoms with Crippen LogP contribution >= 0.6 is 0 Å². The third-order valence-electron chi connectivity index (χ3n) is 2.75. The van der Waals surface area contributed by atoms with Crippen LogP contribution in [0.2, 0.25) is 0 Å². The summed E-state index contributed by atoms with van der Waals surface area (Å²) in [6.45, 7) is 0. The molecule has 0 saturated carbocycles. The van der Waals surface area contributed by atoms with E-state index in [2.05, 4.69) is 0 Å². The monoisotopic (exact) mass is 282 g/mol. The minimum absolute atomic E-state index is 0.179. The molecule has 2 rings (SSSR count). The number of anilines is 1. The van der Waals surface area contributed by atoms with Gasteiger partial charge in [0.15, 0.2) is 0 Å². The molecular weight excluding hydrogens is 273 g/mol. The first-order chi connectivity index (χ1) is 9.30. The highest BCUT2D eigenvalue weighted by molar-refractivity contribution is 5.76. The lowest BCUT2D eigenvalue weighted by Gasteiger charge is -2.14. The molecule has 0 unspecified atom stereocenters. The molecule has 0 saturated heterocycles. The van der Waals surface area contributed by atoms with Crippen molar-refractivity contribution < 1.29 is 18.1 Å². The molecule has 0 aromatic heterocycles. The highest BCUT2D eigenvalue weighted by Gasteiger charge is 2.36. The van der Waals surface area contributed by atoms with Crippen LogP contribution in [0.25, 0.3) is 11.1 Å². The minimum atomic E-state index is -4.70. The van der Waals surface area contributed by atoms with Crippen LogP contribution in [-0.4, -0.2) is 4.92 Å². The summed E-state index contributed by atoms with van der Waals surface area (Å²) in [6.07, 6.45) is -4.70. The lowest BCUT2D eigenvalue weighted by molar-refractivity contribution is -0.384. The normalized spacial score (nSPS) is 11.3. The first-order valence-corrected chi connectivity index (χ1v) is 5.51. The number of nitrogens with two attached hydrogens (primary N) is 1. The maximum atomic E-state index is 13.0. The molecule has 0 fully saturated rings. The van der Waals surface area contributed by atoms with Gasteiger partial charge in [0.05, 0.1) is 10.5 Å². The number of nitrogen functional groups attached to an aromatic ring is 1. The Morgan fingerprint density at radius 3 is 2.20 bits per heavy atom. The Morgan fingerprint density at radius 1 is 1.10 bits per heavy atom. The highest BCUT2D eigenvalue weighted by atomic mass is 19.4. The van der Waals surface area contributed by atoms with Crippen LogP contribution < -0.4 is 5.73 Å². The van der Waals surface area contributed by atoms with Crippen LogP contribution in [0.4, 0.5) is 24.5 Å². The number of hydrogen-bond donors (Lipinski definition) is 1. The van der Waals surface area contributed by atoms with Crippen LogP contribution in [0.3, 0.4) is 0 Å². The Labute approximate surface area is 111 Å². The fourth-order valence-corrected chi connectivity index (χ4v) is 1.85. The molecule has 2 N–H and O–H groups in total. The average molecular weight is 282 g/mol. The van der Waals surface area contributed by atoms with Gasteiger partial charge in [-0.15, -0.1) is 0 Å². The summed E-state index contributed by atoms with van der Waals surface area (Å²) < 4.78 is 39.1. The lowest BCUT2D eigenvalue weighted by Crippen LogP contribution is -2.09. The number of rotatable bonds is 2. The number of nitro benzene ring substituents is 1. The molecule has 20 heavy (non-hydrogen) atoms. The van der Waals surface area contributed by atoms with Crippen molar-refractivity contribution in [2.24, 2.45) is 0 Å². The number of nitro groups is 1. The molecule has 0 atom stereocenters. The van der Waals surface area contributed by atoms with Crippen molar-refractivity contribution >= 4 is 11.4 Å². The molecule has 0 aliphatic rings. The molecule has 0 bridgehead atoms. The van der Waals surface area contributed by atoms with Crippen molar-refractivity contribution in [1.29, 1.82) is 0 Å². The maximum absolute atomic E-state index is 13.0. The van der Waals surface area contributed by atoms with E-state index >= 15 is 0 Å². The number of benzene rings is 2. The SMILES string of the molecule is Nc1cc(-c2ccccc2)c(C(F)(F)F)cc1[N+](=O)[O-]. The smallest absolute Gasteiger partial charge is 0.393 e. The second kappa shape index (κ2) is 4.84. The van der Waals surface area contributed by atoms with Crippen molar-refractivity contribution in [1.82, 2.24) is 0 Å². The van der Waals surface area contributed by atoms with E-state index in [0.717, 1.165) is 6.07 Å². The zero-order chi connectivity index (χ0) is 14.9. The molecule has 4 nitrogen and oxygen atoms in total. The molecule has 0 spiro atoms. The fraction of sp³-hybridized carbons (Fsp3) is 0.0769. The Kier molecular flexibility index (Phi) is 3.35. The zero-order valence-corrected chi connectivity index (χ0v) is 10.0. The van der Waals surface area contributed by atoms with E-state index in [-0.39, 0.29) is 11.3 Å². The Morgan fingerprint density at radius 2 is 1.70 bits per heavy atom. The van der Waals surface area contributed by atoms with Crippen LogP contribution in [0.15, 0.2) is 42.5 Å². The molecule has 0 amide bonds. The van der Waals surface area contributed by atoms with Crippen molar-refractivity contribution in [3.8, 4) is 11.1 Å². The van der Waals surface area contributed by atoms with E-state index in [9.17, 15) is 23.3 Å². The zero-order valence-electron chi connectivity index (χ0n) is 10.0. The summed E-state index contributed by atoms with van der Waals surface area (Å²) in [4.78, 5) is 9.78. The number of hydrogen-bond acceptors (Lipinski definition) is 3. The molecule has 104 valence electrons. The van der Waals surface area contributed by atoms with Gasteiger partial charge in [-0.05, 0) is 17.2 Å². The minimum Gasteiger partial charge on any atom is -0.393 e. The van der Waals surface area contributed by atoms with Gasteiger partial charge in [-0.2, -0.15) is 13.2 Å². The van der Waals surface area contributed by atoms with Gasteiger partial charge in [0.1, 0.15) is 5.69 Å². The van der Waals surface area contributed by atoms with Gasteiger partial charge in [-0.3, -0.25) is 10.1 Å². The third-order valence-corrected chi connectivity index (χ3v) is 2.75. The van der Waals surface area contributed by atoms with Crippen molar-refractivity contribution in [2.45, 2.75) is 6.18 Å². The fourth-order valence-electron chi connectivity index (χ4n) is 1.85. The predicted octanol–water partition coefficient (Wildman–Crippen LogP) is 3.86. The molecule has 0 aliphatic heterocycles. The number of halogens is 3. The van der Waals surface area contributed by atoms with Crippen LogP contribution in [0.5, 0.6) is 0 Å². The third kappa shape index (κ3) is 2.56. The summed E-state index contributed by atoms with van der Waals surface area (Å²) in [5.74, 6) is 0. The van der Waals surface area contributed by atoms with Gasteiger partial charge >= 0.3 is 6.18 Å². The lowest BCUT2D eigenvalue weighted by atomic mass is 9.97. The largest absolute Gasteiger partial charge is 0.417 e.